The van der Waals surface area contributed by atoms with Crippen LogP contribution in [-0.2, 0) is 11.2 Å². The summed E-state index contributed by atoms with van der Waals surface area (Å²) in [6.07, 6.45) is 1.90. The molecule has 1 amide bonds. The van der Waals surface area contributed by atoms with Gasteiger partial charge in [0.25, 0.3) is 0 Å². The highest BCUT2D eigenvalue weighted by molar-refractivity contribution is 5.99. The van der Waals surface area contributed by atoms with Crippen LogP contribution in [0.15, 0.2) is 24.3 Å². The van der Waals surface area contributed by atoms with Crippen molar-refractivity contribution in [2.75, 3.05) is 18.0 Å². The second-order valence-corrected chi connectivity index (χ2v) is 7.92. The van der Waals surface area contributed by atoms with Crippen molar-refractivity contribution in [2.24, 2.45) is 11.1 Å². The Labute approximate surface area is 151 Å². The summed E-state index contributed by atoms with van der Waals surface area (Å²) in [6.45, 7) is 10.4. The van der Waals surface area contributed by atoms with E-state index in [1.54, 1.807) is 0 Å². The Hall–Kier alpha value is -1.10. The first-order valence-corrected chi connectivity index (χ1v) is 8.72. The minimum absolute atomic E-state index is 0. The van der Waals surface area contributed by atoms with Gasteiger partial charge in [-0.25, -0.2) is 0 Å². The van der Waals surface area contributed by atoms with Gasteiger partial charge < -0.3 is 10.6 Å². The fourth-order valence-corrected chi connectivity index (χ4v) is 4.00. The maximum absolute atomic E-state index is 13.2. The van der Waals surface area contributed by atoms with E-state index in [1.807, 2.05) is 17.9 Å². The lowest BCUT2D eigenvalue weighted by Gasteiger charge is -2.45. The van der Waals surface area contributed by atoms with Crippen LogP contribution in [0.4, 0.5) is 5.69 Å². The highest BCUT2D eigenvalue weighted by atomic mass is 35.5. The van der Waals surface area contributed by atoms with Crippen LogP contribution >= 0.6 is 12.4 Å². The van der Waals surface area contributed by atoms with Gasteiger partial charge in [-0.1, -0.05) is 32.0 Å². The molecule has 1 saturated heterocycles. The lowest BCUT2D eigenvalue weighted by molar-refractivity contribution is -0.124. The monoisotopic (exact) mass is 351 g/mol. The van der Waals surface area contributed by atoms with Crippen molar-refractivity contribution in [3.63, 3.8) is 0 Å². The summed E-state index contributed by atoms with van der Waals surface area (Å²) in [4.78, 5) is 17.5. The molecule has 1 aromatic rings. The molecule has 2 aliphatic heterocycles. The van der Waals surface area contributed by atoms with E-state index in [9.17, 15) is 4.79 Å². The molecule has 1 fully saturated rings. The van der Waals surface area contributed by atoms with Gasteiger partial charge in [-0.3, -0.25) is 9.69 Å². The smallest absolute Gasteiger partial charge is 0.244 e. The van der Waals surface area contributed by atoms with Crippen molar-refractivity contribution in [2.45, 2.75) is 58.7 Å². The van der Waals surface area contributed by atoms with E-state index in [2.05, 4.69) is 43.9 Å². The third-order valence-electron chi connectivity index (χ3n) is 5.69. The van der Waals surface area contributed by atoms with Gasteiger partial charge in [0.2, 0.25) is 5.91 Å². The summed E-state index contributed by atoms with van der Waals surface area (Å²) >= 11 is 0. The molecule has 4 nitrogen and oxygen atoms in total. The Morgan fingerprint density at radius 3 is 2.67 bits per heavy atom. The van der Waals surface area contributed by atoms with Gasteiger partial charge in [0.05, 0.1) is 6.04 Å². The Morgan fingerprint density at radius 1 is 1.33 bits per heavy atom. The lowest BCUT2D eigenvalue weighted by atomic mass is 9.79. The number of hydrogen-bond donors (Lipinski definition) is 1. The predicted molar refractivity (Wildman–Crippen MR) is 102 cm³/mol. The van der Waals surface area contributed by atoms with Crippen LogP contribution in [0.3, 0.4) is 0 Å². The zero-order chi connectivity index (χ0) is 16.8. The second-order valence-electron chi connectivity index (χ2n) is 7.92. The molecule has 2 heterocycles. The molecule has 0 aromatic heterocycles. The molecule has 2 N–H and O–H groups in total. The molecular weight excluding hydrogens is 322 g/mol. The number of nitrogens with zero attached hydrogens (tertiary/aromatic N) is 2. The zero-order valence-corrected chi connectivity index (χ0v) is 16.0. The van der Waals surface area contributed by atoms with E-state index in [4.69, 9.17) is 5.73 Å². The summed E-state index contributed by atoms with van der Waals surface area (Å²) in [7, 11) is 0. The molecule has 3 rings (SSSR count). The van der Waals surface area contributed by atoms with Crippen molar-refractivity contribution in [1.29, 1.82) is 0 Å². The number of rotatable bonds is 2. The molecule has 0 radical (unpaired) electrons. The minimum Gasteiger partial charge on any atom is -0.327 e. The number of nitrogens with two attached hydrogens (primary N) is 1. The number of piperidine rings is 1. The Morgan fingerprint density at radius 2 is 2.00 bits per heavy atom. The number of carbonyl (C=O) groups excluding carboxylic acids is 1. The molecule has 0 saturated carbocycles. The zero-order valence-electron chi connectivity index (χ0n) is 15.2. The van der Waals surface area contributed by atoms with Crippen molar-refractivity contribution in [3.8, 4) is 0 Å². The van der Waals surface area contributed by atoms with Gasteiger partial charge in [0, 0.05) is 30.9 Å². The van der Waals surface area contributed by atoms with Crippen LogP contribution in [0.5, 0.6) is 0 Å². The molecular formula is C19H30ClN3O. The maximum atomic E-state index is 13.2. The van der Waals surface area contributed by atoms with Crippen LogP contribution in [0, 0.1) is 5.41 Å². The first-order chi connectivity index (χ1) is 10.8. The van der Waals surface area contributed by atoms with Crippen LogP contribution in [-0.4, -0.2) is 42.0 Å². The van der Waals surface area contributed by atoms with Crippen LogP contribution in [0.25, 0.3) is 0 Å². The molecule has 24 heavy (non-hydrogen) atoms. The van der Waals surface area contributed by atoms with E-state index in [0.29, 0.717) is 0 Å². The lowest BCUT2D eigenvalue weighted by Crippen LogP contribution is -2.58. The SMILES string of the molecule is CC(C(=O)N1c2ccccc2CC1C)N1CCC(N)C(C)(C)C1.Cl. The Kier molecular flexibility index (Phi) is 5.63. The maximum Gasteiger partial charge on any atom is 0.244 e. The van der Waals surface area contributed by atoms with Gasteiger partial charge in [-0.15, -0.1) is 12.4 Å². The van der Waals surface area contributed by atoms with Crippen LogP contribution in [0.1, 0.15) is 39.7 Å². The van der Waals surface area contributed by atoms with Gasteiger partial charge in [-0.2, -0.15) is 0 Å². The molecule has 3 unspecified atom stereocenters. The van der Waals surface area contributed by atoms with Gasteiger partial charge in [0.15, 0.2) is 0 Å². The average Bonchev–Trinajstić information content (AvgIpc) is 2.84. The van der Waals surface area contributed by atoms with Gasteiger partial charge >= 0.3 is 0 Å². The van der Waals surface area contributed by atoms with E-state index >= 15 is 0 Å². The molecule has 134 valence electrons. The van der Waals surface area contributed by atoms with Crippen molar-refractivity contribution in [3.05, 3.63) is 29.8 Å². The first-order valence-electron chi connectivity index (χ1n) is 8.72. The van der Waals surface area contributed by atoms with Crippen molar-refractivity contribution >= 4 is 24.0 Å². The summed E-state index contributed by atoms with van der Waals surface area (Å²) in [5, 5.41) is 0. The summed E-state index contributed by atoms with van der Waals surface area (Å²) in [5.74, 6) is 0.216. The quantitative estimate of drug-likeness (QED) is 0.891. The second kappa shape index (κ2) is 7.03. The van der Waals surface area contributed by atoms with E-state index < -0.39 is 0 Å². The van der Waals surface area contributed by atoms with Gasteiger partial charge in [0.1, 0.15) is 0 Å². The molecule has 0 bridgehead atoms. The minimum atomic E-state index is -0.101. The number of anilines is 1. The third kappa shape index (κ3) is 3.32. The van der Waals surface area contributed by atoms with Crippen LogP contribution in [0.2, 0.25) is 0 Å². The largest absolute Gasteiger partial charge is 0.327 e. The van der Waals surface area contributed by atoms with E-state index in [1.165, 1.54) is 5.56 Å². The number of fused-ring (bicyclic) bond motifs is 1. The Balaban J connectivity index is 0.00000208. The Bertz CT molecular complexity index is 604. The fraction of sp³-hybridized carbons (Fsp3) is 0.632. The van der Waals surface area contributed by atoms with Crippen molar-refractivity contribution in [1.82, 2.24) is 4.90 Å². The summed E-state index contributed by atoms with van der Waals surface area (Å²) < 4.78 is 0. The number of para-hydroxylation sites is 1. The summed E-state index contributed by atoms with van der Waals surface area (Å²) in [5.41, 5.74) is 8.66. The molecule has 5 heteroatoms. The highest BCUT2D eigenvalue weighted by Crippen LogP contribution is 2.34. The molecule has 2 aliphatic rings. The number of halogens is 1. The first kappa shape index (κ1) is 19.2. The van der Waals surface area contributed by atoms with E-state index in [-0.39, 0.29) is 41.9 Å². The van der Waals surface area contributed by atoms with Gasteiger partial charge in [-0.05, 0) is 43.7 Å². The van der Waals surface area contributed by atoms with E-state index in [0.717, 1.165) is 31.6 Å². The third-order valence-corrected chi connectivity index (χ3v) is 5.69. The molecule has 1 aromatic carbocycles. The normalized spacial score (nSPS) is 27.3. The van der Waals surface area contributed by atoms with Crippen LogP contribution < -0.4 is 10.6 Å². The number of carbonyl (C=O) groups is 1. The number of hydrogen-bond acceptors (Lipinski definition) is 3. The standard InChI is InChI=1S/C19H29N3O.ClH/c1-13-11-15-7-5-6-8-16(15)22(13)18(23)14(2)21-10-9-17(20)19(3,4)12-21;/h5-8,13-14,17H,9-12,20H2,1-4H3;1H. The fourth-order valence-electron chi connectivity index (χ4n) is 4.00. The summed E-state index contributed by atoms with van der Waals surface area (Å²) in [6, 6.07) is 8.62. The predicted octanol–water partition coefficient (Wildman–Crippen LogP) is 2.83. The molecule has 3 atom stereocenters. The molecule has 0 spiro atoms. The number of benzene rings is 1. The number of amides is 1. The number of likely N-dealkylation sites (tertiary alicyclic amines) is 1. The topological polar surface area (TPSA) is 49.6 Å². The average molecular weight is 352 g/mol. The molecule has 0 aliphatic carbocycles. The highest BCUT2D eigenvalue weighted by Gasteiger charge is 2.40. The van der Waals surface area contributed by atoms with Crippen molar-refractivity contribution < 1.29 is 4.79 Å².